The van der Waals surface area contributed by atoms with Crippen LogP contribution < -0.4 is 18.1 Å². The molecular formula is C10H16ClN3. The van der Waals surface area contributed by atoms with Crippen molar-refractivity contribution in [2.75, 3.05) is 0 Å². The van der Waals surface area contributed by atoms with E-state index in [1.165, 1.54) is 5.57 Å². The van der Waals surface area contributed by atoms with E-state index >= 15 is 0 Å². The van der Waals surface area contributed by atoms with Gasteiger partial charge in [-0.05, 0) is 6.42 Å². The summed E-state index contributed by atoms with van der Waals surface area (Å²) in [5.41, 5.74) is 6.53. The molecule has 0 aliphatic heterocycles. The van der Waals surface area contributed by atoms with Gasteiger partial charge in [0.25, 0.3) is 0 Å². The lowest BCUT2D eigenvalue weighted by atomic mass is 9.83. The van der Waals surface area contributed by atoms with Crippen LogP contribution in [-0.2, 0) is 0 Å². The van der Waals surface area contributed by atoms with Crippen molar-refractivity contribution in [3.8, 4) is 0 Å². The lowest BCUT2D eigenvalue weighted by Gasteiger charge is -2.19. The molecule has 0 amide bonds. The van der Waals surface area contributed by atoms with Gasteiger partial charge in [-0.2, -0.15) is 0 Å². The number of halogens is 1. The molecular weight excluding hydrogens is 198 g/mol. The molecule has 4 heteroatoms. The Kier molecular flexibility index (Phi) is 4.82. The molecule has 1 rings (SSSR count). The third-order valence-electron chi connectivity index (χ3n) is 2.72. The SMILES string of the molecule is CCC1=CC(N)C(CC)([N+]#N)C=C1.[Cl-]. The molecule has 3 nitrogen and oxygen atoms in total. The third kappa shape index (κ3) is 2.14. The van der Waals surface area contributed by atoms with Crippen LogP contribution in [0.1, 0.15) is 26.7 Å². The molecule has 0 spiro atoms. The predicted octanol–water partition coefficient (Wildman–Crippen LogP) is -0.774. The topological polar surface area (TPSA) is 54.2 Å². The molecule has 0 saturated carbocycles. The number of rotatable bonds is 2. The maximum Gasteiger partial charge on any atom is 0.359 e. The highest BCUT2D eigenvalue weighted by molar-refractivity contribution is 5.36. The van der Waals surface area contributed by atoms with E-state index in [0.29, 0.717) is 6.42 Å². The van der Waals surface area contributed by atoms with Crippen molar-refractivity contribution >= 4 is 0 Å². The van der Waals surface area contributed by atoms with Crippen molar-refractivity contribution in [1.82, 2.24) is 0 Å². The van der Waals surface area contributed by atoms with E-state index in [9.17, 15) is 0 Å². The molecule has 14 heavy (non-hydrogen) atoms. The van der Waals surface area contributed by atoms with Crippen LogP contribution in [0.2, 0.25) is 0 Å². The highest BCUT2D eigenvalue weighted by Gasteiger charge is 2.46. The van der Waals surface area contributed by atoms with Crippen LogP contribution in [0, 0.1) is 5.39 Å². The Morgan fingerprint density at radius 2 is 2.21 bits per heavy atom. The number of diazo groups is 1. The van der Waals surface area contributed by atoms with E-state index in [1.807, 2.05) is 25.2 Å². The molecule has 0 aromatic carbocycles. The lowest BCUT2D eigenvalue weighted by Crippen LogP contribution is -3.00. The molecule has 0 saturated heterocycles. The average molecular weight is 214 g/mol. The first-order valence-electron chi connectivity index (χ1n) is 4.70. The van der Waals surface area contributed by atoms with Crippen LogP contribution in [0.5, 0.6) is 0 Å². The Morgan fingerprint density at radius 3 is 2.57 bits per heavy atom. The fraction of sp³-hybridized carbons (Fsp3) is 0.600. The van der Waals surface area contributed by atoms with E-state index in [2.05, 4.69) is 11.9 Å². The second-order valence-corrected chi connectivity index (χ2v) is 3.40. The minimum atomic E-state index is -0.599. The quantitative estimate of drug-likeness (QED) is 0.613. The van der Waals surface area contributed by atoms with Crippen LogP contribution in [0.25, 0.3) is 4.98 Å². The van der Waals surface area contributed by atoms with Gasteiger partial charge in [0.05, 0.1) is 0 Å². The molecule has 0 bridgehead atoms. The van der Waals surface area contributed by atoms with Gasteiger partial charge in [0.1, 0.15) is 11.0 Å². The van der Waals surface area contributed by atoms with Crippen LogP contribution in [-0.4, -0.2) is 11.6 Å². The third-order valence-corrected chi connectivity index (χ3v) is 2.72. The summed E-state index contributed by atoms with van der Waals surface area (Å²) < 4.78 is 0. The zero-order chi connectivity index (χ0) is 9.90. The summed E-state index contributed by atoms with van der Waals surface area (Å²) in [6.45, 7) is 4.05. The predicted molar refractivity (Wildman–Crippen MR) is 53.6 cm³/mol. The van der Waals surface area contributed by atoms with Crippen molar-refractivity contribution in [3.63, 3.8) is 0 Å². The van der Waals surface area contributed by atoms with Crippen molar-refractivity contribution in [1.29, 1.82) is 5.39 Å². The fourth-order valence-corrected chi connectivity index (χ4v) is 1.55. The van der Waals surface area contributed by atoms with E-state index in [4.69, 9.17) is 11.1 Å². The first kappa shape index (κ1) is 13.2. The summed E-state index contributed by atoms with van der Waals surface area (Å²) in [6, 6.07) is -0.206. The van der Waals surface area contributed by atoms with E-state index in [1.54, 1.807) is 0 Å². The smallest absolute Gasteiger partial charge is 0.359 e. The molecule has 0 aromatic heterocycles. The Labute approximate surface area is 91.1 Å². The Morgan fingerprint density at radius 1 is 1.57 bits per heavy atom. The number of nitrogens with two attached hydrogens (primary N) is 1. The maximum absolute atomic E-state index is 8.94. The number of allylic oxidation sites excluding steroid dienone is 2. The van der Waals surface area contributed by atoms with Crippen LogP contribution in [0.4, 0.5) is 0 Å². The van der Waals surface area contributed by atoms with Gasteiger partial charge in [-0.1, -0.05) is 31.6 Å². The standard InChI is InChI=1S/C10H16N3.ClH/c1-3-8-5-6-10(4-2,13-12)9(11)7-8;/h5-7,9H,3-4,11H2,1-2H3;1H/q+1;/p-1. The van der Waals surface area contributed by atoms with E-state index < -0.39 is 5.54 Å². The molecule has 78 valence electrons. The highest BCUT2D eigenvalue weighted by atomic mass is 35.5. The fourth-order valence-electron chi connectivity index (χ4n) is 1.55. The minimum absolute atomic E-state index is 0. The van der Waals surface area contributed by atoms with Crippen molar-refractivity contribution in [2.45, 2.75) is 38.3 Å². The highest BCUT2D eigenvalue weighted by Crippen LogP contribution is 2.28. The van der Waals surface area contributed by atoms with Gasteiger partial charge in [-0.25, -0.2) is 0 Å². The molecule has 0 aromatic rings. The summed E-state index contributed by atoms with van der Waals surface area (Å²) in [7, 11) is 0. The molecule has 2 atom stereocenters. The monoisotopic (exact) mass is 213 g/mol. The van der Waals surface area contributed by atoms with Gasteiger partial charge >= 0.3 is 5.54 Å². The molecule has 0 fully saturated rings. The lowest BCUT2D eigenvalue weighted by molar-refractivity contribution is -0.00000314. The number of hydrogen-bond acceptors (Lipinski definition) is 2. The molecule has 0 heterocycles. The first-order chi connectivity index (χ1) is 6.18. The second-order valence-electron chi connectivity index (χ2n) is 3.40. The summed E-state index contributed by atoms with van der Waals surface area (Å²) in [5.74, 6) is 0. The minimum Gasteiger partial charge on any atom is -1.00 e. The van der Waals surface area contributed by atoms with Crippen molar-refractivity contribution < 1.29 is 12.4 Å². The van der Waals surface area contributed by atoms with E-state index in [-0.39, 0.29) is 18.4 Å². The largest absolute Gasteiger partial charge is 1.00 e. The zero-order valence-corrected chi connectivity index (χ0v) is 9.33. The normalized spacial score (nSPS) is 30.1. The number of hydrogen-bond donors (Lipinski definition) is 1. The zero-order valence-electron chi connectivity index (χ0n) is 8.57. The number of nitrogens with zero attached hydrogens (tertiary/aromatic N) is 2. The Hall–Kier alpha value is -0.850. The molecule has 2 unspecified atom stereocenters. The molecule has 2 N–H and O–H groups in total. The maximum atomic E-state index is 8.94. The second kappa shape index (κ2) is 5.14. The molecule has 1 aliphatic rings. The molecule has 0 radical (unpaired) electrons. The van der Waals surface area contributed by atoms with Gasteiger partial charge in [-0.3, -0.25) is 0 Å². The molecule has 1 aliphatic carbocycles. The average Bonchev–Trinajstić information content (AvgIpc) is 2.18. The first-order valence-corrected chi connectivity index (χ1v) is 4.70. The summed E-state index contributed by atoms with van der Waals surface area (Å²) in [6.07, 6.45) is 7.55. The van der Waals surface area contributed by atoms with E-state index in [0.717, 1.165) is 6.42 Å². The van der Waals surface area contributed by atoms with Crippen LogP contribution in [0.15, 0.2) is 23.8 Å². The van der Waals surface area contributed by atoms with Crippen molar-refractivity contribution in [3.05, 3.63) is 28.8 Å². The summed E-state index contributed by atoms with van der Waals surface area (Å²) in [5, 5.41) is 8.94. The summed E-state index contributed by atoms with van der Waals surface area (Å²) in [4.78, 5) is 3.39. The van der Waals surface area contributed by atoms with Gasteiger partial charge in [0.2, 0.25) is 5.39 Å². The van der Waals surface area contributed by atoms with Crippen molar-refractivity contribution in [2.24, 2.45) is 5.73 Å². The summed E-state index contributed by atoms with van der Waals surface area (Å²) >= 11 is 0. The Bertz CT molecular complexity index is 290. The van der Waals surface area contributed by atoms with Gasteiger partial charge < -0.3 is 18.1 Å². The van der Waals surface area contributed by atoms with Crippen LogP contribution >= 0.6 is 0 Å². The van der Waals surface area contributed by atoms with Gasteiger partial charge in [-0.15, -0.1) is 0 Å². The van der Waals surface area contributed by atoms with Gasteiger partial charge in [0.15, 0.2) is 0 Å². The van der Waals surface area contributed by atoms with Gasteiger partial charge in [0, 0.05) is 12.5 Å². The van der Waals surface area contributed by atoms with Crippen LogP contribution in [0.3, 0.4) is 0 Å². The Balaban J connectivity index is 0.00000169.